The summed E-state index contributed by atoms with van der Waals surface area (Å²) < 4.78 is 0. The molecule has 2 aliphatic rings. The first-order valence-electron chi connectivity index (χ1n) is 12.9. The number of Topliss-reactive ketones (excluding diaryl/α,β-unsaturated/α-hetero) is 1. The second kappa shape index (κ2) is 10.4. The van der Waals surface area contributed by atoms with Gasteiger partial charge in [-0.05, 0) is 60.7 Å². The second-order valence-corrected chi connectivity index (χ2v) is 10.9. The number of anilines is 2. The summed E-state index contributed by atoms with van der Waals surface area (Å²) in [5, 5.41) is 4.58. The molecule has 1 heterocycles. The van der Waals surface area contributed by atoms with Gasteiger partial charge in [0.15, 0.2) is 5.78 Å². The van der Waals surface area contributed by atoms with Crippen molar-refractivity contribution in [3.63, 3.8) is 0 Å². The maximum atomic E-state index is 14.4. The number of amides is 1. The van der Waals surface area contributed by atoms with E-state index in [0.29, 0.717) is 39.7 Å². The molecule has 0 saturated carbocycles. The number of ketones is 1. The van der Waals surface area contributed by atoms with Crippen LogP contribution in [0.15, 0.2) is 108 Å². The molecule has 4 aromatic rings. The number of rotatable bonds is 3. The molecule has 6 rings (SSSR count). The van der Waals surface area contributed by atoms with Crippen molar-refractivity contribution in [1.29, 1.82) is 0 Å². The van der Waals surface area contributed by atoms with E-state index >= 15 is 0 Å². The Kier molecular flexibility index (Phi) is 6.76. The van der Waals surface area contributed by atoms with Crippen LogP contribution in [0.25, 0.3) is 0 Å². The van der Waals surface area contributed by atoms with E-state index in [2.05, 4.69) is 5.32 Å². The summed E-state index contributed by atoms with van der Waals surface area (Å²) in [7, 11) is 0. The van der Waals surface area contributed by atoms with Gasteiger partial charge in [-0.25, -0.2) is 0 Å². The van der Waals surface area contributed by atoms with Crippen LogP contribution in [0.5, 0.6) is 0 Å². The van der Waals surface area contributed by atoms with Gasteiger partial charge in [0.1, 0.15) is 0 Å². The number of aryl methyl sites for hydroxylation is 1. The van der Waals surface area contributed by atoms with Crippen LogP contribution in [0, 0.1) is 6.92 Å². The Morgan fingerprint density at radius 1 is 0.821 bits per heavy atom. The molecular formula is C33H26Cl2N2O2. The molecule has 6 heteroatoms. The van der Waals surface area contributed by atoms with Crippen LogP contribution in [-0.4, -0.2) is 11.7 Å². The fourth-order valence-electron chi connectivity index (χ4n) is 5.67. The van der Waals surface area contributed by atoms with Gasteiger partial charge in [-0.2, -0.15) is 0 Å². The Labute approximate surface area is 237 Å². The molecule has 2 atom stereocenters. The standard InChI is InChI=1S/C33H26Cl2N2O2/c1-20-14-16-21(17-15-20)32-31-28(18-22(19-30(31)38)23-8-2-4-10-25(23)34)36-27-12-6-7-13-29(27)37(32)33(39)24-9-3-5-11-26(24)35/h2-17,22,32,36H,18-19H2,1H3/t22-,32-/m0/s1. The molecule has 1 aliphatic heterocycles. The number of fused-ring (bicyclic) bond motifs is 1. The van der Waals surface area contributed by atoms with Crippen LogP contribution < -0.4 is 10.2 Å². The molecule has 0 unspecified atom stereocenters. The molecule has 4 nitrogen and oxygen atoms in total. The highest BCUT2D eigenvalue weighted by molar-refractivity contribution is 6.34. The molecule has 0 saturated heterocycles. The van der Waals surface area contributed by atoms with Crippen molar-refractivity contribution in [2.45, 2.75) is 31.7 Å². The van der Waals surface area contributed by atoms with Crippen molar-refractivity contribution in [2.75, 3.05) is 10.2 Å². The number of halogens is 2. The van der Waals surface area contributed by atoms with Crippen molar-refractivity contribution in [3.05, 3.63) is 141 Å². The number of carbonyl (C=O) groups excluding carboxylic acids is 2. The molecule has 194 valence electrons. The third kappa shape index (κ3) is 4.64. The molecule has 0 bridgehead atoms. The predicted octanol–water partition coefficient (Wildman–Crippen LogP) is 8.52. The number of nitrogens with one attached hydrogen (secondary N) is 1. The van der Waals surface area contributed by atoms with Gasteiger partial charge in [-0.3, -0.25) is 14.5 Å². The maximum absolute atomic E-state index is 14.4. The largest absolute Gasteiger partial charge is 0.357 e. The zero-order valence-electron chi connectivity index (χ0n) is 21.3. The van der Waals surface area contributed by atoms with E-state index in [-0.39, 0.29) is 17.6 Å². The number of nitrogens with zero attached hydrogens (tertiary/aromatic N) is 1. The molecule has 4 aromatic carbocycles. The van der Waals surface area contributed by atoms with Gasteiger partial charge >= 0.3 is 0 Å². The van der Waals surface area contributed by atoms with Gasteiger partial charge in [0, 0.05) is 22.7 Å². The van der Waals surface area contributed by atoms with Crippen LogP contribution in [-0.2, 0) is 4.79 Å². The SMILES string of the molecule is Cc1ccc([C@H]2C3=C(C[C@H](c4ccccc4Cl)CC3=O)Nc3ccccc3N2C(=O)c2ccccc2Cl)cc1. The minimum atomic E-state index is -0.639. The first-order valence-corrected chi connectivity index (χ1v) is 13.7. The number of allylic oxidation sites excluding steroid dienone is 1. The molecule has 0 spiro atoms. The monoisotopic (exact) mass is 552 g/mol. The topological polar surface area (TPSA) is 49.4 Å². The summed E-state index contributed by atoms with van der Waals surface area (Å²) in [6, 6.07) is 29.8. The first-order chi connectivity index (χ1) is 18.9. The van der Waals surface area contributed by atoms with E-state index in [1.807, 2.05) is 79.7 Å². The summed E-state index contributed by atoms with van der Waals surface area (Å²) in [5.41, 5.74) is 6.13. The molecule has 0 fully saturated rings. The number of carbonyl (C=O) groups is 2. The molecule has 39 heavy (non-hydrogen) atoms. The van der Waals surface area contributed by atoms with Gasteiger partial charge in [0.2, 0.25) is 0 Å². The Morgan fingerprint density at radius 2 is 1.49 bits per heavy atom. The second-order valence-electron chi connectivity index (χ2n) is 10.1. The molecular weight excluding hydrogens is 527 g/mol. The Hall–Kier alpha value is -3.86. The number of hydrogen-bond donors (Lipinski definition) is 1. The van der Waals surface area contributed by atoms with Gasteiger partial charge in [-0.15, -0.1) is 0 Å². The van der Waals surface area contributed by atoms with Gasteiger partial charge < -0.3 is 5.32 Å². The third-order valence-corrected chi connectivity index (χ3v) is 8.22. The van der Waals surface area contributed by atoms with Crippen molar-refractivity contribution in [2.24, 2.45) is 0 Å². The summed E-state index contributed by atoms with van der Waals surface area (Å²) in [6.45, 7) is 2.02. The van der Waals surface area contributed by atoms with E-state index < -0.39 is 6.04 Å². The van der Waals surface area contributed by atoms with Crippen molar-refractivity contribution in [3.8, 4) is 0 Å². The molecule has 1 aliphatic carbocycles. The van der Waals surface area contributed by atoms with Crippen LogP contribution in [0.3, 0.4) is 0 Å². The van der Waals surface area contributed by atoms with Crippen LogP contribution >= 0.6 is 23.2 Å². The van der Waals surface area contributed by atoms with E-state index in [0.717, 1.165) is 28.1 Å². The maximum Gasteiger partial charge on any atom is 0.260 e. The van der Waals surface area contributed by atoms with Gasteiger partial charge in [0.25, 0.3) is 5.91 Å². The average molecular weight is 553 g/mol. The Balaban J connectivity index is 1.58. The number of para-hydroxylation sites is 2. The zero-order valence-corrected chi connectivity index (χ0v) is 22.8. The lowest BCUT2D eigenvalue weighted by Crippen LogP contribution is -2.38. The predicted molar refractivity (Wildman–Crippen MR) is 158 cm³/mol. The van der Waals surface area contributed by atoms with E-state index in [1.54, 1.807) is 29.2 Å². The van der Waals surface area contributed by atoms with E-state index in [9.17, 15) is 9.59 Å². The van der Waals surface area contributed by atoms with Gasteiger partial charge in [0.05, 0.1) is 28.0 Å². The van der Waals surface area contributed by atoms with Crippen molar-refractivity contribution < 1.29 is 9.59 Å². The highest BCUT2D eigenvalue weighted by atomic mass is 35.5. The number of benzene rings is 4. The summed E-state index contributed by atoms with van der Waals surface area (Å²) >= 11 is 13.1. The average Bonchev–Trinajstić information content (AvgIpc) is 3.08. The lowest BCUT2D eigenvalue weighted by molar-refractivity contribution is -0.116. The first kappa shape index (κ1) is 25.4. The van der Waals surface area contributed by atoms with E-state index in [1.165, 1.54) is 0 Å². The minimum Gasteiger partial charge on any atom is -0.357 e. The number of hydrogen-bond acceptors (Lipinski definition) is 3. The summed E-state index contributed by atoms with van der Waals surface area (Å²) in [5.74, 6) is -0.353. The highest BCUT2D eigenvalue weighted by Gasteiger charge is 2.42. The highest BCUT2D eigenvalue weighted by Crippen LogP contribution is 2.48. The Morgan fingerprint density at radius 3 is 2.23 bits per heavy atom. The van der Waals surface area contributed by atoms with Gasteiger partial charge in [-0.1, -0.05) is 95.5 Å². The zero-order chi connectivity index (χ0) is 27.1. The normalized spacial score (nSPS) is 18.6. The summed E-state index contributed by atoms with van der Waals surface area (Å²) in [4.78, 5) is 30.2. The molecule has 1 N–H and O–H groups in total. The van der Waals surface area contributed by atoms with Crippen molar-refractivity contribution >= 4 is 46.3 Å². The van der Waals surface area contributed by atoms with E-state index in [4.69, 9.17) is 23.2 Å². The van der Waals surface area contributed by atoms with Crippen LogP contribution in [0.1, 0.15) is 51.8 Å². The fraction of sp³-hybridized carbons (Fsp3) is 0.152. The fourth-order valence-corrected chi connectivity index (χ4v) is 6.17. The lowest BCUT2D eigenvalue weighted by atomic mass is 9.78. The quantitative estimate of drug-likeness (QED) is 0.277. The van der Waals surface area contributed by atoms with Crippen molar-refractivity contribution in [1.82, 2.24) is 0 Å². The van der Waals surface area contributed by atoms with Crippen LogP contribution in [0.2, 0.25) is 10.0 Å². The summed E-state index contributed by atoms with van der Waals surface area (Å²) in [6.07, 6.45) is 0.896. The molecule has 1 amide bonds. The van der Waals surface area contributed by atoms with Crippen LogP contribution in [0.4, 0.5) is 11.4 Å². The molecule has 0 radical (unpaired) electrons. The Bertz CT molecular complexity index is 1630. The molecule has 0 aromatic heterocycles. The third-order valence-electron chi connectivity index (χ3n) is 7.55. The smallest absolute Gasteiger partial charge is 0.260 e. The minimum absolute atomic E-state index is 0.0102. The lowest BCUT2D eigenvalue weighted by Gasteiger charge is -2.35.